The van der Waals surface area contributed by atoms with E-state index in [2.05, 4.69) is 54.0 Å². The number of halogens is 1. The highest BCUT2D eigenvalue weighted by molar-refractivity contribution is 6.31. The van der Waals surface area contributed by atoms with Gasteiger partial charge < -0.3 is 10.6 Å². The molecule has 42 heavy (non-hydrogen) atoms. The van der Waals surface area contributed by atoms with Crippen LogP contribution < -0.4 is 10.6 Å². The molecule has 0 saturated carbocycles. The van der Waals surface area contributed by atoms with Crippen molar-refractivity contribution in [3.63, 3.8) is 0 Å². The van der Waals surface area contributed by atoms with Crippen molar-refractivity contribution in [1.29, 1.82) is 0 Å². The van der Waals surface area contributed by atoms with Gasteiger partial charge in [0.15, 0.2) is 0 Å². The first-order valence-electron chi connectivity index (χ1n) is 16.3. The molecule has 2 atom stereocenters. The lowest BCUT2D eigenvalue weighted by molar-refractivity contribution is 0.433. The maximum atomic E-state index is 6.38. The predicted octanol–water partition coefficient (Wildman–Crippen LogP) is 9.79. The van der Waals surface area contributed by atoms with Crippen LogP contribution in [0.4, 0.5) is 11.4 Å². The molecule has 5 heteroatoms. The van der Waals surface area contributed by atoms with Crippen LogP contribution in [0.25, 0.3) is 21.8 Å². The minimum atomic E-state index is 0.578. The zero-order chi connectivity index (χ0) is 28.5. The van der Waals surface area contributed by atoms with Crippen molar-refractivity contribution >= 4 is 44.8 Å². The Morgan fingerprint density at radius 1 is 0.786 bits per heavy atom. The number of hydrogen-bond donors (Lipinski definition) is 2. The number of aromatic nitrogens is 2. The van der Waals surface area contributed by atoms with Crippen LogP contribution in [-0.4, -0.2) is 23.1 Å². The summed E-state index contributed by atoms with van der Waals surface area (Å²) >= 11 is 6.38. The Morgan fingerprint density at radius 3 is 2.40 bits per heavy atom. The summed E-state index contributed by atoms with van der Waals surface area (Å²) in [6.07, 6.45) is 16.9. The van der Waals surface area contributed by atoms with Crippen LogP contribution in [0.1, 0.15) is 93.1 Å². The largest absolute Gasteiger partial charge is 0.384 e. The fraction of sp³-hybridized carbons (Fsp3) is 0.459. The number of allylic oxidation sites excluding steroid dienone is 2. The first-order chi connectivity index (χ1) is 20.6. The van der Waals surface area contributed by atoms with Crippen molar-refractivity contribution in [1.82, 2.24) is 9.97 Å². The van der Waals surface area contributed by atoms with Crippen LogP contribution in [-0.2, 0) is 19.3 Å². The number of benzene rings is 2. The van der Waals surface area contributed by atoms with Gasteiger partial charge in [-0.15, -0.1) is 0 Å². The lowest BCUT2D eigenvalue weighted by Crippen LogP contribution is -2.24. The Kier molecular flexibility index (Phi) is 8.08. The summed E-state index contributed by atoms with van der Waals surface area (Å²) in [6.45, 7) is 4.34. The molecule has 0 spiro atoms. The minimum Gasteiger partial charge on any atom is -0.384 e. The zero-order valence-electron chi connectivity index (χ0n) is 24.9. The van der Waals surface area contributed by atoms with E-state index in [9.17, 15) is 0 Å². The summed E-state index contributed by atoms with van der Waals surface area (Å²) in [6, 6.07) is 14.9. The van der Waals surface area contributed by atoms with Crippen LogP contribution in [0.5, 0.6) is 0 Å². The van der Waals surface area contributed by atoms with E-state index < -0.39 is 0 Å². The smallest absolute Gasteiger partial charge is 0.0741 e. The molecule has 2 aromatic carbocycles. The van der Waals surface area contributed by atoms with Gasteiger partial charge in [-0.3, -0.25) is 9.97 Å². The van der Waals surface area contributed by atoms with Crippen molar-refractivity contribution < 1.29 is 0 Å². The third-order valence-corrected chi connectivity index (χ3v) is 9.97. The number of rotatable bonds is 10. The predicted molar refractivity (Wildman–Crippen MR) is 178 cm³/mol. The Morgan fingerprint density at radius 2 is 1.52 bits per heavy atom. The van der Waals surface area contributed by atoms with Crippen molar-refractivity contribution in [2.45, 2.75) is 89.9 Å². The quantitative estimate of drug-likeness (QED) is 0.145. The van der Waals surface area contributed by atoms with Gasteiger partial charge in [-0.25, -0.2) is 0 Å². The number of aryl methyl sites for hydroxylation is 1. The van der Waals surface area contributed by atoms with Crippen LogP contribution in [0.3, 0.4) is 0 Å². The molecule has 0 aliphatic heterocycles. The van der Waals surface area contributed by atoms with E-state index in [4.69, 9.17) is 21.6 Å². The molecule has 0 saturated heterocycles. The molecule has 2 heterocycles. The van der Waals surface area contributed by atoms with Crippen LogP contribution in [0.2, 0.25) is 5.02 Å². The molecule has 0 amide bonds. The highest BCUT2D eigenvalue weighted by atomic mass is 35.5. The maximum Gasteiger partial charge on any atom is 0.0741 e. The third kappa shape index (κ3) is 5.63. The molecule has 2 N–H and O–H groups in total. The third-order valence-electron chi connectivity index (χ3n) is 9.73. The second kappa shape index (κ2) is 12.2. The lowest BCUT2D eigenvalue weighted by atomic mass is 9.71. The second-order valence-corrected chi connectivity index (χ2v) is 13.3. The second-order valence-electron chi connectivity index (χ2n) is 12.9. The van der Waals surface area contributed by atoms with Crippen molar-refractivity contribution in [3.8, 4) is 0 Å². The van der Waals surface area contributed by atoms with Crippen molar-refractivity contribution in [2.24, 2.45) is 5.92 Å². The summed E-state index contributed by atoms with van der Waals surface area (Å²) in [5.74, 6) is 1.21. The van der Waals surface area contributed by atoms with Gasteiger partial charge in [-0.2, -0.15) is 0 Å². The SMILES string of the molecule is CC1=C[C@@H]2Cc3nc4cc(Cl)ccc4c(NCCCCCCCNc4c5c(nc6ccccc46)CCCC5)c3[C@H](C1)C2. The van der Waals surface area contributed by atoms with Gasteiger partial charge in [0.05, 0.1) is 11.0 Å². The molecule has 2 bridgehead atoms. The van der Waals surface area contributed by atoms with E-state index in [1.165, 1.54) is 102 Å². The fourth-order valence-corrected chi connectivity index (χ4v) is 8.02. The first-order valence-corrected chi connectivity index (χ1v) is 16.7. The van der Waals surface area contributed by atoms with Crippen molar-refractivity contribution in [3.05, 3.63) is 81.7 Å². The average molecular weight is 579 g/mol. The molecule has 7 rings (SSSR count). The number of hydrogen-bond acceptors (Lipinski definition) is 4. The van der Waals surface area contributed by atoms with Gasteiger partial charge in [0.2, 0.25) is 0 Å². The number of nitrogens with one attached hydrogen (secondary N) is 2. The van der Waals surface area contributed by atoms with E-state index in [1.807, 2.05) is 12.1 Å². The summed E-state index contributed by atoms with van der Waals surface area (Å²) < 4.78 is 0. The van der Waals surface area contributed by atoms with E-state index >= 15 is 0 Å². The van der Waals surface area contributed by atoms with Crippen LogP contribution in [0.15, 0.2) is 54.1 Å². The molecule has 218 valence electrons. The normalized spacial score (nSPS) is 19.3. The number of nitrogens with zero attached hydrogens (tertiary/aromatic N) is 2. The number of para-hydroxylation sites is 1. The Bertz CT molecular complexity index is 1640. The van der Waals surface area contributed by atoms with E-state index in [-0.39, 0.29) is 0 Å². The zero-order valence-corrected chi connectivity index (χ0v) is 25.7. The molecule has 0 unspecified atom stereocenters. The number of pyridine rings is 2. The Hall–Kier alpha value is -3.11. The first kappa shape index (κ1) is 27.7. The van der Waals surface area contributed by atoms with Crippen molar-refractivity contribution in [2.75, 3.05) is 23.7 Å². The monoisotopic (exact) mass is 578 g/mol. The number of anilines is 2. The number of unbranched alkanes of at least 4 members (excludes halogenated alkanes) is 4. The van der Waals surface area contributed by atoms with Gasteiger partial charge in [0.1, 0.15) is 0 Å². The average Bonchev–Trinajstić information content (AvgIpc) is 2.98. The van der Waals surface area contributed by atoms with Crippen LogP contribution in [0, 0.1) is 5.92 Å². The summed E-state index contributed by atoms with van der Waals surface area (Å²) in [4.78, 5) is 10.1. The molecule has 3 aliphatic carbocycles. The van der Waals surface area contributed by atoms with Gasteiger partial charge in [-0.1, -0.05) is 60.7 Å². The highest BCUT2D eigenvalue weighted by Crippen LogP contribution is 2.47. The van der Waals surface area contributed by atoms with Crippen LogP contribution >= 0.6 is 11.6 Å². The summed E-state index contributed by atoms with van der Waals surface area (Å²) in [7, 11) is 0. The topological polar surface area (TPSA) is 49.8 Å². The molecule has 3 aliphatic rings. The summed E-state index contributed by atoms with van der Waals surface area (Å²) in [5, 5.41) is 11.0. The Labute approximate surface area is 255 Å². The molecule has 4 aromatic rings. The van der Waals surface area contributed by atoms with Gasteiger partial charge in [0, 0.05) is 57.2 Å². The molecule has 0 radical (unpaired) electrons. The highest BCUT2D eigenvalue weighted by Gasteiger charge is 2.33. The fourth-order valence-electron chi connectivity index (χ4n) is 7.86. The summed E-state index contributed by atoms with van der Waals surface area (Å²) in [5.41, 5.74) is 11.9. The van der Waals surface area contributed by atoms with E-state index in [1.54, 1.807) is 0 Å². The van der Waals surface area contributed by atoms with E-state index in [0.717, 1.165) is 54.8 Å². The van der Waals surface area contributed by atoms with Gasteiger partial charge in [-0.05, 0) is 106 Å². The maximum absolute atomic E-state index is 6.38. The Balaban J connectivity index is 0.937. The lowest BCUT2D eigenvalue weighted by Gasteiger charge is -2.36. The molecule has 2 aromatic heterocycles. The van der Waals surface area contributed by atoms with Gasteiger partial charge >= 0.3 is 0 Å². The molecular formula is C37H43ClN4. The van der Waals surface area contributed by atoms with E-state index in [0.29, 0.717) is 11.8 Å². The molecular weight excluding hydrogens is 536 g/mol. The van der Waals surface area contributed by atoms with Gasteiger partial charge in [0.25, 0.3) is 0 Å². The number of fused-ring (bicyclic) bond motifs is 7. The standard InChI is InChI=1S/C37H43ClN4/c1-24-19-25-21-26(20-24)35-34(22-25)42-33-23-27(38)15-16-30(33)37(35)40-18-10-4-2-3-9-17-39-36-28-11-5-7-13-31(28)41-32-14-8-6-12-29(32)36/h5,7,11,13,15-16,19,23,25-26H,2-4,6,8-10,12,14,17-18,20-22H2,1H3,(H,39,41)(H,40,42)/t25-,26+/m0/s1. The molecule has 0 fully saturated rings. The molecule has 4 nitrogen and oxygen atoms in total. The minimum absolute atomic E-state index is 0.578.